The molecule has 6 heteroatoms. The van der Waals surface area contributed by atoms with Crippen molar-refractivity contribution in [3.63, 3.8) is 0 Å². The molecule has 1 atom stereocenters. The van der Waals surface area contributed by atoms with Crippen LogP contribution in [-0.4, -0.2) is 42.3 Å². The quantitative estimate of drug-likeness (QED) is 0.789. The van der Waals surface area contributed by atoms with Crippen LogP contribution in [0.2, 0.25) is 0 Å². The number of fused-ring (bicyclic) bond motifs is 1. The maximum atomic E-state index is 6.04. The minimum Gasteiger partial charge on any atom is -0.490 e. The summed E-state index contributed by atoms with van der Waals surface area (Å²) in [5.74, 6) is 0.775. The molecule has 0 amide bonds. The molecule has 3 aromatic rings. The highest BCUT2D eigenvalue weighted by Crippen LogP contribution is 2.26. The first kappa shape index (κ1) is 15.9. The first-order chi connectivity index (χ1) is 12.2. The van der Waals surface area contributed by atoms with Crippen LogP contribution in [0.3, 0.4) is 0 Å². The Bertz CT molecular complexity index is 823. The summed E-state index contributed by atoms with van der Waals surface area (Å²) >= 11 is 0. The first-order valence-electron chi connectivity index (χ1n) is 8.59. The summed E-state index contributed by atoms with van der Waals surface area (Å²) in [5, 5.41) is 3.42. The maximum absolute atomic E-state index is 6.04. The molecule has 130 valence electrons. The van der Waals surface area contributed by atoms with Crippen LogP contribution in [0.15, 0.2) is 41.1 Å². The van der Waals surface area contributed by atoms with Crippen LogP contribution >= 0.6 is 0 Å². The van der Waals surface area contributed by atoms with E-state index in [1.807, 2.05) is 12.1 Å². The Kier molecular flexibility index (Phi) is 4.28. The molecule has 1 fully saturated rings. The smallest absolute Gasteiger partial charge is 0.298 e. The van der Waals surface area contributed by atoms with Gasteiger partial charge in [0.25, 0.3) is 6.01 Å². The molecule has 1 N–H and O–H groups in total. The van der Waals surface area contributed by atoms with Crippen molar-refractivity contribution in [3.05, 3.63) is 47.8 Å². The van der Waals surface area contributed by atoms with Gasteiger partial charge < -0.3 is 19.4 Å². The van der Waals surface area contributed by atoms with Crippen LogP contribution in [0.5, 0.6) is 5.75 Å². The van der Waals surface area contributed by atoms with Gasteiger partial charge in [0.15, 0.2) is 5.58 Å². The Balaban J connectivity index is 1.56. The number of aromatic nitrogens is 2. The molecule has 1 aliphatic rings. The number of nitrogens with one attached hydrogen (secondary N) is 1. The zero-order valence-electron chi connectivity index (χ0n) is 14.5. The number of hydrogen-bond acceptors (Lipinski definition) is 6. The molecule has 6 nitrogen and oxygen atoms in total. The molecular formula is C19H22N4O2. The summed E-state index contributed by atoms with van der Waals surface area (Å²) in [5.41, 5.74) is 4.18. The van der Waals surface area contributed by atoms with Gasteiger partial charge in [-0.05, 0) is 49.2 Å². The fourth-order valence-corrected chi connectivity index (χ4v) is 3.08. The summed E-state index contributed by atoms with van der Waals surface area (Å²) in [7, 11) is 0. The van der Waals surface area contributed by atoms with E-state index in [1.165, 1.54) is 11.1 Å². The van der Waals surface area contributed by atoms with E-state index < -0.39 is 0 Å². The minimum absolute atomic E-state index is 0.157. The fraction of sp³-hybridized carbons (Fsp3) is 0.368. The van der Waals surface area contributed by atoms with Gasteiger partial charge in [0.1, 0.15) is 17.9 Å². The number of hydrogen-bond donors (Lipinski definition) is 1. The van der Waals surface area contributed by atoms with E-state index in [1.54, 1.807) is 12.4 Å². The number of oxazole rings is 1. The standard InChI is InChI=1S/C19H22N4O2/c1-13-8-17-18(9-14(13)2)25-19(22-17)23-7-6-21-10-15(23)12-24-16-4-3-5-20-11-16/h3-5,8-9,11,15,21H,6-7,10,12H2,1-2H3/t15-/m0/s1. The normalized spacial score (nSPS) is 17.8. The van der Waals surface area contributed by atoms with Crippen LogP contribution in [0.1, 0.15) is 11.1 Å². The third-order valence-corrected chi connectivity index (χ3v) is 4.67. The van der Waals surface area contributed by atoms with Crippen LogP contribution < -0.4 is 15.0 Å². The summed E-state index contributed by atoms with van der Waals surface area (Å²) in [6.07, 6.45) is 3.47. The van der Waals surface area contributed by atoms with Crippen LogP contribution in [0.25, 0.3) is 11.1 Å². The molecule has 1 aromatic carbocycles. The average molecular weight is 338 g/mol. The second-order valence-electron chi connectivity index (χ2n) is 6.45. The lowest BCUT2D eigenvalue weighted by Crippen LogP contribution is -2.54. The molecule has 0 saturated carbocycles. The van der Waals surface area contributed by atoms with Gasteiger partial charge in [0, 0.05) is 25.8 Å². The molecular weight excluding hydrogens is 316 g/mol. The number of nitrogens with zero attached hydrogens (tertiary/aromatic N) is 3. The monoisotopic (exact) mass is 338 g/mol. The van der Waals surface area contributed by atoms with Crippen molar-refractivity contribution < 1.29 is 9.15 Å². The second kappa shape index (κ2) is 6.72. The van der Waals surface area contributed by atoms with Crippen molar-refractivity contribution in [3.8, 4) is 5.75 Å². The van der Waals surface area contributed by atoms with Crippen molar-refractivity contribution >= 4 is 17.1 Å². The lowest BCUT2D eigenvalue weighted by Gasteiger charge is -2.34. The molecule has 3 heterocycles. The highest BCUT2D eigenvalue weighted by atomic mass is 16.5. The van der Waals surface area contributed by atoms with E-state index >= 15 is 0 Å². The Morgan fingerprint density at radius 3 is 3.04 bits per heavy atom. The summed E-state index contributed by atoms with van der Waals surface area (Å²) < 4.78 is 11.9. The van der Waals surface area contributed by atoms with Crippen molar-refractivity contribution in [2.45, 2.75) is 19.9 Å². The second-order valence-corrected chi connectivity index (χ2v) is 6.45. The number of rotatable bonds is 4. The topological polar surface area (TPSA) is 63.4 Å². The molecule has 0 bridgehead atoms. The number of piperazine rings is 1. The third-order valence-electron chi connectivity index (χ3n) is 4.67. The Labute approximate surface area is 146 Å². The molecule has 0 aliphatic carbocycles. The van der Waals surface area contributed by atoms with Gasteiger partial charge >= 0.3 is 0 Å². The zero-order valence-corrected chi connectivity index (χ0v) is 14.5. The molecule has 1 saturated heterocycles. The van der Waals surface area contributed by atoms with Gasteiger partial charge in [0.2, 0.25) is 0 Å². The van der Waals surface area contributed by atoms with Crippen LogP contribution in [0.4, 0.5) is 6.01 Å². The van der Waals surface area contributed by atoms with E-state index in [4.69, 9.17) is 14.1 Å². The largest absolute Gasteiger partial charge is 0.490 e. The van der Waals surface area contributed by atoms with Gasteiger partial charge in [0.05, 0.1) is 12.2 Å². The van der Waals surface area contributed by atoms with Gasteiger partial charge in [-0.3, -0.25) is 4.98 Å². The van der Waals surface area contributed by atoms with Crippen LogP contribution in [-0.2, 0) is 0 Å². The predicted octanol–water partition coefficient (Wildman–Crippen LogP) is 2.70. The highest BCUT2D eigenvalue weighted by molar-refractivity contribution is 5.76. The summed E-state index contributed by atoms with van der Waals surface area (Å²) in [6.45, 7) is 7.31. The zero-order chi connectivity index (χ0) is 17.2. The van der Waals surface area contributed by atoms with Crippen molar-refractivity contribution in [2.75, 3.05) is 31.1 Å². The molecule has 0 spiro atoms. The van der Waals surface area contributed by atoms with Gasteiger partial charge in [-0.25, -0.2) is 0 Å². The molecule has 2 aromatic heterocycles. The molecule has 25 heavy (non-hydrogen) atoms. The van der Waals surface area contributed by atoms with Crippen molar-refractivity contribution in [2.24, 2.45) is 0 Å². The van der Waals surface area contributed by atoms with Gasteiger partial charge in [-0.15, -0.1) is 0 Å². The summed E-state index contributed by atoms with van der Waals surface area (Å²) in [4.78, 5) is 11.0. The lowest BCUT2D eigenvalue weighted by molar-refractivity contribution is 0.261. The third kappa shape index (κ3) is 3.30. The first-order valence-corrected chi connectivity index (χ1v) is 8.59. The van der Waals surface area contributed by atoms with Crippen molar-refractivity contribution in [1.82, 2.24) is 15.3 Å². The number of anilines is 1. The highest BCUT2D eigenvalue weighted by Gasteiger charge is 2.27. The van der Waals surface area contributed by atoms with Gasteiger partial charge in [-0.1, -0.05) is 0 Å². The van der Waals surface area contributed by atoms with Gasteiger partial charge in [-0.2, -0.15) is 4.98 Å². The molecule has 4 rings (SSSR count). The summed E-state index contributed by atoms with van der Waals surface area (Å²) in [6, 6.07) is 8.76. The number of aryl methyl sites for hydroxylation is 2. The number of benzene rings is 1. The number of ether oxygens (including phenoxy) is 1. The lowest BCUT2D eigenvalue weighted by atomic mass is 10.1. The fourth-order valence-electron chi connectivity index (χ4n) is 3.08. The van der Waals surface area contributed by atoms with E-state index in [-0.39, 0.29) is 6.04 Å². The van der Waals surface area contributed by atoms with Crippen molar-refractivity contribution in [1.29, 1.82) is 0 Å². The average Bonchev–Trinajstić information content (AvgIpc) is 3.04. The number of pyridine rings is 1. The molecule has 0 radical (unpaired) electrons. The van der Waals surface area contributed by atoms with E-state index in [9.17, 15) is 0 Å². The Morgan fingerprint density at radius 1 is 1.32 bits per heavy atom. The maximum Gasteiger partial charge on any atom is 0.298 e. The minimum atomic E-state index is 0.157. The Morgan fingerprint density at radius 2 is 2.20 bits per heavy atom. The predicted molar refractivity (Wildman–Crippen MR) is 97.2 cm³/mol. The van der Waals surface area contributed by atoms with E-state index in [2.05, 4.69) is 41.2 Å². The Hall–Kier alpha value is -2.60. The SMILES string of the molecule is Cc1cc2nc(N3CCNC[C@H]3COc3cccnc3)oc2cc1C. The molecule has 0 unspecified atom stereocenters. The van der Waals surface area contributed by atoms with E-state index in [0.29, 0.717) is 12.6 Å². The molecule has 1 aliphatic heterocycles. The van der Waals surface area contributed by atoms with Crippen LogP contribution in [0, 0.1) is 13.8 Å². The van der Waals surface area contributed by atoms with E-state index in [0.717, 1.165) is 36.5 Å².